The van der Waals surface area contributed by atoms with E-state index < -0.39 is 11.5 Å². The molecule has 0 bridgehead atoms. The van der Waals surface area contributed by atoms with Gasteiger partial charge in [0.1, 0.15) is 5.54 Å². The number of carbonyl (C=O) groups is 2. The van der Waals surface area contributed by atoms with E-state index in [1.807, 2.05) is 0 Å². The van der Waals surface area contributed by atoms with Crippen LogP contribution >= 0.6 is 0 Å². The van der Waals surface area contributed by atoms with Crippen LogP contribution in [-0.2, 0) is 14.3 Å². The van der Waals surface area contributed by atoms with Crippen molar-refractivity contribution in [1.29, 1.82) is 0 Å². The molecule has 0 aliphatic rings. The Morgan fingerprint density at radius 1 is 1.50 bits per heavy atom. The number of aliphatic carboxylic acids is 1. The van der Waals surface area contributed by atoms with Crippen molar-refractivity contribution in [2.24, 2.45) is 0 Å². The summed E-state index contributed by atoms with van der Waals surface area (Å²) in [6, 6.07) is 0. The van der Waals surface area contributed by atoms with Gasteiger partial charge in [0.05, 0.1) is 13.2 Å². The minimum atomic E-state index is -1.23. The highest BCUT2D eigenvalue weighted by molar-refractivity contribution is 5.81. The Morgan fingerprint density at radius 2 is 2.07 bits per heavy atom. The molecule has 0 fully saturated rings. The van der Waals surface area contributed by atoms with Gasteiger partial charge in [0.25, 0.3) is 0 Å². The first kappa shape index (κ1) is 12.9. The van der Waals surface area contributed by atoms with Gasteiger partial charge in [0.2, 0.25) is 5.91 Å². The lowest BCUT2D eigenvalue weighted by molar-refractivity contribution is -0.146. The van der Waals surface area contributed by atoms with Gasteiger partial charge in [-0.1, -0.05) is 0 Å². The monoisotopic (exact) mass is 204 g/mol. The molecule has 82 valence electrons. The van der Waals surface area contributed by atoms with Gasteiger partial charge < -0.3 is 15.2 Å². The average molecular weight is 204 g/mol. The zero-order valence-electron chi connectivity index (χ0n) is 8.59. The summed E-state index contributed by atoms with van der Waals surface area (Å²) in [5.74, 6) is -1.32. The van der Waals surface area contributed by atoms with E-state index in [-0.39, 0.29) is 19.1 Å². The topological polar surface area (TPSA) is 87.7 Å². The van der Waals surface area contributed by atoms with E-state index in [0.29, 0.717) is 0 Å². The van der Waals surface area contributed by atoms with E-state index in [2.05, 4.69) is 10.6 Å². The standard InChI is InChI=1S/C8H16N2O4/c1-8(5-14-3,7(12)13)10-4-6(11)9-2/h10H,4-5H2,1-3H3,(H,9,11)(H,12,13). The third-order valence-electron chi connectivity index (χ3n) is 1.82. The number of nitrogens with one attached hydrogen (secondary N) is 2. The molecule has 0 radical (unpaired) electrons. The molecule has 0 heterocycles. The van der Waals surface area contributed by atoms with Gasteiger partial charge in [0, 0.05) is 14.2 Å². The number of methoxy groups -OCH3 is 1. The predicted molar refractivity (Wildman–Crippen MR) is 50.0 cm³/mol. The molecule has 1 atom stereocenters. The van der Waals surface area contributed by atoms with E-state index in [1.165, 1.54) is 21.1 Å². The van der Waals surface area contributed by atoms with Crippen LogP contribution in [0.1, 0.15) is 6.92 Å². The zero-order chi connectivity index (χ0) is 11.2. The van der Waals surface area contributed by atoms with E-state index in [9.17, 15) is 9.59 Å². The van der Waals surface area contributed by atoms with Crippen molar-refractivity contribution in [3.8, 4) is 0 Å². The van der Waals surface area contributed by atoms with Gasteiger partial charge >= 0.3 is 5.97 Å². The van der Waals surface area contributed by atoms with E-state index >= 15 is 0 Å². The largest absolute Gasteiger partial charge is 0.480 e. The molecule has 14 heavy (non-hydrogen) atoms. The highest BCUT2D eigenvalue weighted by Crippen LogP contribution is 2.03. The van der Waals surface area contributed by atoms with Gasteiger partial charge in [-0.25, -0.2) is 0 Å². The third kappa shape index (κ3) is 3.71. The van der Waals surface area contributed by atoms with Crippen molar-refractivity contribution in [3.63, 3.8) is 0 Å². The minimum Gasteiger partial charge on any atom is -0.480 e. The van der Waals surface area contributed by atoms with Crippen LogP contribution in [-0.4, -0.2) is 49.8 Å². The fourth-order valence-electron chi connectivity index (χ4n) is 0.841. The molecule has 1 amide bonds. The predicted octanol–water partition coefficient (Wildman–Crippen LogP) is -1.19. The molecule has 0 aliphatic heterocycles. The van der Waals surface area contributed by atoms with Crippen molar-refractivity contribution < 1.29 is 19.4 Å². The van der Waals surface area contributed by atoms with Gasteiger partial charge in [-0.3, -0.25) is 14.9 Å². The number of carbonyl (C=O) groups excluding carboxylic acids is 1. The fraction of sp³-hybridized carbons (Fsp3) is 0.750. The van der Waals surface area contributed by atoms with Gasteiger partial charge in [-0.05, 0) is 6.92 Å². The maximum absolute atomic E-state index is 10.9. The molecule has 0 aliphatic carbocycles. The number of carboxylic acid groups (broad SMARTS) is 1. The third-order valence-corrected chi connectivity index (χ3v) is 1.82. The fourth-order valence-corrected chi connectivity index (χ4v) is 0.841. The number of amides is 1. The summed E-state index contributed by atoms with van der Waals surface area (Å²) in [7, 11) is 2.89. The van der Waals surface area contributed by atoms with Crippen LogP contribution in [0.5, 0.6) is 0 Å². The number of likely N-dealkylation sites (N-methyl/N-ethyl adjacent to an activating group) is 1. The Bertz CT molecular complexity index is 219. The summed E-state index contributed by atoms with van der Waals surface area (Å²) < 4.78 is 4.76. The highest BCUT2D eigenvalue weighted by Gasteiger charge is 2.32. The normalized spacial score (nSPS) is 14.5. The van der Waals surface area contributed by atoms with Crippen LogP contribution < -0.4 is 10.6 Å². The van der Waals surface area contributed by atoms with Crippen LogP contribution in [0.4, 0.5) is 0 Å². The van der Waals surface area contributed by atoms with Crippen LogP contribution in [0.2, 0.25) is 0 Å². The van der Waals surface area contributed by atoms with Crippen LogP contribution in [0.3, 0.4) is 0 Å². The molecular formula is C8H16N2O4. The number of hydrogen-bond acceptors (Lipinski definition) is 4. The molecule has 0 spiro atoms. The van der Waals surface area contributed by atoms with E-state index in [4.69, 9.17) is 9.84 Å². The number of rotatable bonds is 6. The molecular weight excluding hydrogens is 188 g/mol. The summed E-state index contributed by atoms with van der Waals surface area (Å²) in [6.07, 6.45) is 0. The lowest BCUT2D eigenvalue weighted by Crippen LogP contribution is -2.55. The Kier molecular flexibility index (Phi) is 5.11. The highest BCUT2D eigenvalue weighted by atomic mass is 16.5. The van der Waals surface area contributed by atoms with Crippen LogP contribution in [0.15, 0.2) is 0 Å². The summed E-state index contributed by atoms with van der Waals surface area (Å²) >= 11 is 0. The SMILES string of the molecule is CNC(=O)CNC(C)(COC)C(=O)O. The Balaban J connectivity index is 4.23. The van der Waals surface area contributed by atoms with E-state index in [1.54, 1.807) is 0 Å². The first-order chi connectivity index (χ1) is 6.46. The van der Waals surface area contributed by atoms with Crippen molar-refractivity contribution in [3.05, 3.63) is 0 Å². The molecule has 3 N–H and O–H groups in total. The quantitative estimate of drug-likeness (QED) is 0.506. The van der Waals surface area contributed by atoms with Gasteiger partial charge in [-0.2, -0.15) is 0 Å². The number of ether oxygens (including phenoxy) is 1. The molecule has 6 heteroatoms. The Labute approximate surface area is 82.6 Å². The maximum Gasteiger partial charge on any atom is 0.326 e. The minimum absolute atomic E-state index is 0.000667. The number of carboxylic acids is 1. The second-order valence-corrected chi connectivity index (χ2v) is 3.10. The Morgan fingerprint density at radius 3 is 2.43 bits per heavy atom. The molecule has 0 aromatic heterocycles. The maximum atomic E-state index is 10.9. The van der Waals surface area contributed by atoms with Crippen molar-refractivity contribution >= 4 is 11.9 Å². The van der Waals surface area contributed by atoms with Crippen LogP contribution in [0.25, 0.3) is 0 Å². The van der Waals surface area contributed by atoms with Crippen LogP contribution in [0, 0.1) is 0 Å². The molecule has 0 saturated carbocycles. The summed E-state index contributed by atoms with van der Waals surface area (Å²) in [6.45, 7) is 1.41. The lowest BCUT2D eigenvalue weighted by atomic mass is 10.0. The van der Waals surface area contributed by atoms with E-state index in [0.717, 1.165) is 0 Å². The Hall–Kier alpha value is -1.14. The number of hydrogen-bond donors (Lipinski definition) is 3. The van der Waals surface area contributed by atoms with Crippen molar-refractivity contribution in [1.82, 2.24) is 10.6 Å². The second kappa shape index (κ2) is 5.56. The molecule has 0 aromatic rings. The average Bonchev–Trinajstić information content (AvgIpc) is 2.14. The molecule has 0 saturated heterocycles. The molecule has 1 unspecified atom stereocenters. The zero-order valence-corrected chi connectivity index (χ0v) is 8.59. The molecule has 0 aromatic carbocycles. The smallest absolute Gasteiger partial charge is 0.326 e. The first-order valence-electron chi connectivity index (χ1n) is 4.14. The molecule has 0 rings (SSSR count). The van der Waals surface area contributed by atoms with Gasteiger partial charge in [0.15, 0.2) is 0 Å². The first-order valence-corrected chi connectivity index (χ1v) is 4.14. The van der Waals surface area contributed by atoms with Crippen molar-refractivity contribution in [2.45, 2.75) is 12.5 Å². The van der Waals surface area contributed by atoms with Gasteiger partial charge in [-0.15, -0.1) is 0 Å². The summed E-state index contributed by atoms with van der Waals surface area (Å²) in [5.41, 5.74) is -1.23. The second-order valence-electron chi connectivity index (χ2n) is 3.10. The summed E-state index contributed by atoms with van der Waals surface area (Å²) in [4.78, 5) is 21.7. The lowest BCUT2D eigenvalue weighted by Gasteiger charge is -2.24. The summed E-state index contributed by atoms with van der Waals surface area (Å²) in [5, 5.41) is 13.9. The van der Waals surface area contributed by atoms with Crippen molar-refractivity contribution in [2.75, 3.05) is 27.3 Å². The molecule has 6 nitrogen and oxygen atoms in total.